The molecule has 0 spiro atoms. The molecule has 3 N–H and O–H groups in total. The van der Waals surface area contributed by atoms with E-state index >= 15 is 0 Å². The van der Waals surface area contributed by atoms with Crippen LogP contribution in [-0.2, 0) is 18.8 Å². The van der Waals surface area contributed by atoms with Crippen LogP contribution in [0, 0.1) is 6.92 Å². The summed E-state index contributed by atoms with van der Waals surface area (Å²) in [6.45, 7) is 2.55. The number of carbonyl (C=O) groups excluding carboxylic acids is 1. The molecule has 3 atom stereocenters. The summed E-state index contributed by atoms with van der Waals surface area (Å²) in [6.07, 6.45) is -0.753. The van der Waals surface area contributed by atoms with Crippen molar-refractivity contribution < 1.29 is 28.6 Å². The minimum atomic E-state index is -2.58. The molecule has 0 radical (unpaired) electrons. The number of hydrogen-bond acceptors (Lipinski definition) is 8. The third-order valence-corrected chi connectivity index (χ3v) is 3.69. The van der Waals surface area contributed by atoms with Crippen molar-refractivity contribution in [3.05, 3.63) is 32.6 Å². The van der Waals surface area contributed by atoms with Crippen LogP contribution in [0.5, 0.6) is 0 Å². The van der Waals surface area contributed by atoms with Crippen LogP contribution in [0.15, 0.2) is 15.8 Å². The number of ether oxygens (including phenoxy) is 2. The molecule has 10 nitrogen and oxygen atoms in total. The van der Waals surface area contributed by atoms with E-state index in [4.69, 9.17) is 23.8 Å². The maximum atomic E-state index is 11.9. The number of esters is 1. The Hall–Kier alpha value is -1.58. The topological polar surface area (TPSA) is 140 Å². The second-order valence-electron chi connectivity index (χ2n) is 5.04. The summed E-state index contributed by atoms with van der Waals surface area (Å²) in [5, 5.41) is 0. The molecule has 0 aromatic carbocycles. The first-order valence-electron chi connectivity index (χ1n) is 6.73. The maximum absolute atomic E-state index is 11.9. The van der Waals surface area contributed by atoms with Gasteiger partial charge in [-0.1, -0.05) is 0 Å². The fourth-order valence-electron chi connectivity index (χ4n) is 2.30. The van der Waals surface area contributed by atoms with Gasteiger partial charge in [-0.05, 0) is 6.92 Å². The van der Waals surface area contributed by atoms with Gasteiger partial charge in [0.1, 0.15) is 18.4 Å². The Kier molecular flexibility index (Phi) is 5.66. The number of carbonyl (C=O) groups is 1. The molecule has 0 bridgehead atoms. The lowest BCUT2D eigenvalue weighted by atomic mass is 10.2. The number of H-pyrrole nitrogens is 1. The normalized spacial score (nSPS) is 24.1. The molecule has 1 saturated heterocycles. The van der Waals surface area contributed by atoms with Gasteiger partial charge in [0.25, 0.3) is 5.56 Å². The van der Waals surface area contributed by atoms with E-state index in [2.05, 4.69) is 4.98 Å². The SMILES string of the molecule is CC(=O)O[C@H]1C[C@H](n2cc(C)c(=O)[nH]c2=O)O[C@@H]1COP(O)O. The van der Waals surface area contributed by atoms with E-state index in [-0.39, 0.29) is 13.0 Å². The Labute approximate surface area is 131 Å². The lowest BCUT2D eigenvalue weighted by molar-refractivity contribution is -0.150. The third-order valence-electron chi connectivity index (χ3n) is 3.31. The van der Waals surface area contributed by atoms with Crippen LogP contribution >= 0.6 is 8.60 Å². The van der Waals surface area contributed by atoms with E-state index in [0.717, 1.165) is 0 Å². The van der Waals surface area contributed by atoms with Gasteiger partial charge in [-0.25, -0.2) is 4.79 Å². The van der Waals surface area contributed by atoms with Crippen molar-refractivity contribution in [2.45, 2.75) is 38.7 Å². The quantitative estimate of drug-likeness (QED) is 0.468. The van der Waals surface area contributed by atoms with Crippen molar-refractivity contribution in [3.63, 3.8) is 0 Å². The van der Waals surface area contributed by atoms with E-state index in [0.29, 0.717) is 5.56 Å². The van der Waals surface area contributed by atoms with Gasteiger partial charge in [0.05, 0.1) is 6.61 Å². The van der Waals surface area contributed by atoms with Gasteiger partial charge in [0.2, 0.25) is 0 Å². The van der Waals surface area contributed by atoms with Crippen molar-refractivity contribution in [1.82, 2.24) is 9.55 Å². The van der Waals surface area contributed by atoms with Gasteiger partial charge in [0.15, 0.2) is 0 Å². The molecular weight excluding hydrogens is 331 g/mol. The zero-order valence-corrected chi connectivity index (χ0v) is 13.4. The molecule has 1 aromatic rings. The van der Waals surface area contributed by atoms with Crippen molar-refractivity contribution in [2.24, 2.45) is 0 Å². The highest BCUT2D eigenvalue weighted by molar-refractivity contribution is 7.39. The van der Waals surface area contributed by atoms with E-state index in [1.54, 1.807) is 6.92 Å². The smallest absolute Gasteiger partial charge is 0.330 e. The van der Waals surface area contributed by atoms with Crippen LogP contribution in [0.2, 0.25) is 0 Å². The molecule has 2 heterocycles. The molecule has 11 heteroatoms. The van der Waals surface area contributed by atoms with Crippen LogP contribution in [0.3, 0.4) is 0 Å². The molecule has 0 amide bonds. The highest BCUT2D eigenvalue weighted by Gasteiger charge is 2.39. The van der Waals surface area contributed by atoms with Crippen molar-refractivity contribution in [1.29, 1.82) is 0 Å². The Balaban J connectivity index is 2.21. The Bertz CT molecular complexity index is 684. The molecule has 0 unspecified atom stereocenters. The Morgan fingerprint density at radius 1 is 1.52 bits per heavy atom. The summed E-state index contributed by atoms with van der Waals surface area (Å²) in [4.78, 5) is 54.3. The Morgan fingerprint density at radius 3 is 2.83 bits per heavy atom. The summed E-state index contributed by atoms with van der Waals surface area (Å²) in [5.41, 5.74) is -0.821. The summed E-state index contributed by atoms with van der Waals surface area (Å²) in [7, 11) is -2.58. The van der Waals surface area contributed by atoms with Crippen molar-refractivity contribution in [2.75, 3.05) is 6.61 Å². The number of aryl methyl sites for hydroxylation is 1. The highest BCUT2D eigenvalue weighted by atomic mass is 31.2. The first-order valence-corrected chi connectivity index (χ1v) is 7.90. The van der Waals surface area contributed by atoms with E-state index in [1.165, 1.54) is 17.7 Å². The molecule has 23 heavy (non-hydrogen) atoms. The molecule has 1 aliphatic heterocycles. The number of nitrogens with one attached hydrogen (secondary N) is 1. The van der Waals surface area contributed by atoms with E-state index < -0.39 is 44.3 Å². The molecule has 0 aliphatic carbocycles. The van der Waals surface area contributed by atoms with Crippen LogP contribution in [-0.4, -0.2) is 44.1 Å². The predicted octanol–water partition coefficient (Wildman–Crippen LogP) is -0.708. The lowest BCUT2D eigenvalue weighted by Gasteiger charge is -2.18. The van der Waals surface area contributed by atoms with Crippen LogP contribution in [0.1, 0.15) is 25.1 Å². The third kappa shape index (κ3) is 4.46. The molecule has 128 valence electrons. The second-order valence-corrected chi connectivity index (χ2v) is 5.80. The van der Waals surface area contributed by atoms with Crippen LogP contribution in [0.25, 0.3) is 0 Å². The first kappa shape index (κ1) is 17.8. The fraction of sp³-hybridized carbons (Fsp3) is 0.583. The minimum Gasteiger partial charge on any atom is -0.460 e. The highest BCUT2D eigenvalue weighted by Crippen LogP contribution is 2.33. The fourth-order valence-corrected chi connectivity index (χ4v) is 2.58. The predicted molar refractivity (Wildman–Crippen MR) is 77.5 cm³/mol. The van der Waals surface area contributed by atoms with Gasteiger partial charge in [-0.2, -0.15) is 0 Å². The number of nitrogens with zero attached hydrogens (tertiary/aromatic N) is 1. The van der Waals surface area contributed by atoms with E-state index in [9.17, 15) is 14.4 Å². The molecular formula is C12H17N2O8P. The van der Waals surface area contributed by atoms with Crippen molar-refractivity contribution >= 4 is 14.6 Å². The molecule has 0 saturated carbocycles. The largest absolute Gasteiger partial charge is 0.460 e. The minimum absolute atomic E-state index is 0.160. The Morgan fingerprint density at radius 2 is 2.22 bits per heavy atom. The summed E-state index contributed by atoms with van der Waals surface area (Å²) < 4.78 is 16.6. The zero-order valence-electron chi connectivity index (χ0n) is 12.5. The average molecular weight is 348 g/mol. The number of hydrogen-bond donors (Lipinski definition) is 3. The lowest BCUT2D eigenvalue weighted by Crippen LogP contribution is -2.33. The molecule has 1 aromatic heterocycles. The summed E-state index contributed by atoms with van der Waals surface area (Å²) in [6, 6.07) is 0. The maximum Gasteiger partial charge on any atom is 0.330 e. The zero-order chi connectivity index (χ0) is 17.1. The van der Waals surface area contributed by atoms with Crippen LogP contribution < -0.4 is 11.2 Å². The van der Waals surface area contributed by atoms with Gasteiger partial charge in [-0.3, -0.25) is 19.1 Å². The number of rotatable bonds is 5. The van der Waals surface area contributed by atoms with Gasteiger partial charge < -0.3 is 23.8 Å². The van der Waals surface area contributed by atoms with Gasteiger partial charge in [-0.15, -0.1) is 0 Å². The van der Waals surface area contributed by atoms with E-state index in [1.807, 2.05) is 0 Å². The summed E-state index contributed by atoms with van der Waals surface area (Å²) in [5.74, 6) is -0.537. The van der Waals surface area contributed by atoms with Gasteiger partial charge >= 0.3 is 20.3 Å². The molecule has 2 rings (SSSR count). The summed E-state index contributed by atoms with van der Waals surface area (Å²) >= 11 is 0. The van der Waals surface area contributed by atoms with Crippen LogP contribution in [0.4, 0.5) is 0 Å². The standard InChI is InChI=1S/C12H17N2O8P/c1-6-4-14(12(17)13-11(6)16)10-3-8(21-7(2)15)9(22-10)5-20-23(18)19/h4,8-10,18-19H,3,5H2,1-2H3,(H,13,16,17)/t8-,9+,10+/m0/s1. The monoisotopic (exact) mass is 348 g/mol. The second kappa shape index (κ2) is 7.33. The first-order chi connectivity index (χ1) is 10.8. The average Bonchev–Trinajstić information content (AvgIpc) is 2.82. The molecule has 1 aliphatic rings. The van der Waals surface area contributed by atoms with Crippen molar-refractivity contribution in [3.8, 4) is 0 Å². The van der Waals surface area contributed by atoms with Gasteiger partial charge in [0, 0.05) is 25.1 Å². The number of aromatic nitrogens is 2. The number of aromatic amines is 1. The molecule has 1 fully saturated rings.